The second-order valence-corrected chi connectivity index (χ2v) is 5.17. The maximum absolute atomic E-state index is 10.6. The first kappa shape index (κ1) is 12.5. The summed E-state index contributed by atoms with van der Waals surface area (Å²) >= 11 is 0. The van der Waals surface area contributed by atoms with Gasteiger partial charge in [0.1, 0.15) is 0 Å². The standard InChI is InChI=1S/C12H23NO2/c1-4-13(9-7-11(14)15)10-6-5-8-12(10,2)3/h10H,4-9H2,1-3H3,(H,14,15). The highest BCUT2D eigenvalue weighted by Crippen LogP contribution is 2.40. The third kappa shape index (κ3) is 3.20. The number of hydrogen-bond donors (Lipinski definition) is 1. The van der Waals surface area contributed by atoms with Gasteiger partial charge in [-0.3, -0.25) is 9.69 Å². The van der Waals surface area contributed by atoms with Crippen LogP contribution in [-0.2, 0) is 4.79 Å². The third-order valence-electron chi connectivity index (χ3n) is 3.66. The van der Waals surface area contributed by atoms with Crippen molar-refractivity contribution in [3.8, 4) is 0 Å². The molecule has 0 amide bonds. The van der Waals surface area contributed by atoms with Gasteiger partial charge in [-0.1, -0.05) is 27.2 Å². The molecule has 0 aliphatic heterocycles. The Morgan fingerprint density at radius 1 is 1.53 bits per heavy atom. The maximum Gasteiger partial charge on any atom is 0.304 e. The summed E-state index contributed by atoms with van der Waals surface area (Å²) in [5.41, 5.74) is 0.356. The van der Waals surface area contributed by atoms with Crippen molar-refractivity contribution < 1.29 is 9.90 Å². The van der Waals surface area contributed by atoms with Crippen LogP contribution in [0.4, 0.5) is 0 Å². The molecule has 1 atom stereocenters. The Hall–Kier alpha value is -0.570. The zero-order chi connectivity index (χ0) is 11.5. The molecule has 0 saturated heterocycles. The summed E-state index contributed by atoms with van der Waals surface area (Å²) in [4.78, 5) is 12.9. The minimum absolute atomic E-state index is 0.264. The average Bonchev–Trinajstić information content (AvgIpc) is 2.47. The molecule has 1 unspecified atom stereocenters. The van der Waals surface area contributed by atoms with E-state index >= 15 is 0 Å². The van der Waals surface area contributed by atoms with Gasteiger partial charge in [0.15, 0.2) is 0 Å². The number of rotatable bonds is 5. The van der Waals surface area contributed by atoms with Crippen LogP contribution in [0.15, 0.2) is 0 Å². The molecule has 15 heavy (non-hydrogen) atoms. The Labute approximate surface area is 92.5 Å². The molecule has 1 N–H and O–H groups in total. The van der Waals surface area contributed by atoms with E-state index in [1.54, 1.807) is 0 Å². The molecule has 3 nitrogen and oxygen atoms in total. The molecular weight excluding hydrogens is 190 g/mol. The molecule has 0 bridgehead atoms. The van der Waals surface area contributed by atoms with Gasteiger partial charge in [-0.15, -0.1) is 0 Å². The molecular formula is C12H23NO2. The highest BCUT2D eigenvalue weighted by atomic mass is 16.4. The van der Waals surface area contributed by atoms with Crippen molar-refractivity contribution in [3.63, 3.8) is 0 Å². The summed E-state index contributed by atoms with van der Waals surface area (Å²) in [6.45, 7) is 8.37. The summed E-state index contributed by atoms with van der Waals surface area (Å²) < 4.78 is 0. The van der Waals surface area contributed by atoms with E-state index in [0.717, 1.165) is 6.54 Å². The first-order valence-electron chi connectivity index (χ1n) is 5.93. The lowest BCUT2D eigenvalue weighted by atomic mass is 9.86. The van der Waals surface area contributed by atoms with E-state index in [4.69, 9.17) is 5.11 Å². The fraction of sp³-hybridized carbons (Fsp3) is 0.917. The minimum Gasteiger partial charge on any atom is -0.481 e. The summed E-state index contributed by atoms with van der Waals surface area (Å²) in [6.07, 6.45) is 4.03. The van der Waals surface area contributed by atoms with Crippen LogP contribution in [0.5, 0.6) is 0 Å². The smallest absolute Gasteiger partial charge is 0.304 e. The molecule has 0 aromatic rings. The first-order valence-corrected chi connectivity index (χ1v) is 5.93. The van der Waals surface area contributed by atoms with Crippen molar-refractivity contribution in [2.45, 2.75) is 52.5 Å². The Morgan fingerprint density at radius 2 is 2.20 bits per heavy atom. The van der Waals surface area contributed by atoms with Gasteiger partial charge in [0.25, 0.3) is 0 Å². The Morgan fingerprint density at radius 3 is 2.60 bits per heavy atom. The van der Waals surface area contributed by atoms with Crippen LogP contribution in [0.25, 0.3) is 0 Å². The topological polar surface area (TPSA) is 40.5 Å². The molecule has 3 heteroatoms. The monoisotopic (exact) mass is 213 g/mol. The molecule has 1 saturated carbocycles. The lowest BCUT2D eigenvalue weighted by Crippen LogP contribution is -2.42. The van der Waals surface area contributed by atoms with Crippen LogP contribution in [0, 0.1) is 5.41 Å². The Balaban J connectivity index is 2.54. The molecule has 0 aromatic carbocycles. The number of carboxylic acid groups (broad SMARTS) is 1. The van der Waals surface area contributed by atoms with E-state index < -0.39 is 5.97 Å². The van der Waals surface area contributed by atoms with Crippen LogP contribution in [0.1, 0.15) is 46.5 Å². The van der Waals surface area contributed by atoms with Crippen molar-refractivity contribution in [2.75, 3.05) is 13.1 Å². The molecule has 0 aromatic heterocycles. The lowest BCUT2D eigenvalue weighted by molar-refractivity contribution is -0.137. The van der Waals surface area contributed by atoms with Crippen molar-refractivity contribution in [1.82, 2.24) is 4.90 Å². The maximum atomic E-state index is 10.6. The second kappa shape index (κ2) is 4.97. The van der Waals surface area contributed by atoms with Crippen molar-refractivity contribution in [3.05, 3.63) is 0 Å². The summed E-state index contributed by atoms with van der Waals surface area (Å²) in [5.74, 6) is -0.691. The van der Waals surface area contributed by atoms with Crippen molar-refractivity contribution in [2.24, 2.45) is 5.41 Å². The van der Waals surface area contributed by atoms with Gasteiger partial charge in [-0.05, 0) is 24.8 Å². The number of hydrogen-bond acceptors (Lipinski definition) is 2. The molecule has 88 valence electrons. The SMILES string of the molecule is CCN(CCC(=O)O)C1CCCC1(C)C. The predicted molar refractivity (Wildman–Crippen MR) is 60.9 cm³/mol. The summed E-state index contributed by atoms with van der Waals surface area (Å²) in [6, 6.07) is 0.571. The highest BCUT2D eigenvalue weighted by Gasteiger charge is 2.37. The van der Waals surface area contributed by atoms with Gasteiger partial charge < -0.3 is 5.11 Å². The molecule has 1 fully saturated rings. The minimum atomic E-state index is -0.691. The predicted octanol–water partition coefficient (Wildman–Crippen LogP) is 2.36. The van der Waals surface area contributed by atoms with Gasteiger partial charge in [0, 0.05) is 12.6 Å². The molecule has 0 radical (unpaired) electrons. The number of carboxylic acids is 1. The van der Waals surface area contributed by atoms with Gasteiger partial charge in [-0.25, -0.2) is 0 Å². The van der Waals surface area contributed by atoms with E-state index in [-0.39, 0.29) is 6.42 Å². The van der Waals surface area contributed by atoms with E-state index in [0.29, 0.717) is 18.0 Å². The fourth-order valence-corrected chi connectivity index (χ4v) is 2.76. The second-order valence-electron chi connectivity index (χ2n) is 5.17. The van der Waals surface area contributed by atoms with E-state index in [1.165, 1.54) is 19.3 Å². The Kier molecular flexibility index (Phi) is 4.14. The molecule has 0 spiro atoms. The number of aliphatic carboxylic acids is 1. The molecule has 1 rings (SSSR count). The zero-order valence-electron chi connectivity index (χ0n) is 10.1. The Bertz CT molecular complexity index is 226. The zero-order valence-corrected chi connectivity index (χ0v) is 10.1. The molecule has 0 heterocycles. The average molecular weight is 213 g/mol. The van der Waals surface area contributed by atoms with E-state index in [1.807, 2.05) is 0 Å². The van der Waals surface area contributed by atoms with Crippen molar-refractivity contribution >= 4 is 5.97 Å². The molecule has 1 aliphatic rings. The van der Waals surface area contributed by atoms with Gasteiger partial charge in [-0.2, -0.15) is 0 Å². The normalized spacial score (nSPS) is 24.7. The van der Waals surface area contributed by atoms with E-state index in [2.05, 4.69) is 25.7 Å². The van der Waals surface area contributed by atoms with Gasteiger partial charge >= 0.3 is 5.97 Å². The third-order valence-corrected chi connectivity index (χ3v) is 3.66. The molecule has 1 aliphatic carbocycles. The van der Waals surface area contributed by atoms with Crippen LogP contribution in [-0.4, -0.2) is 35.1 Å². The van der Waals surface area contributed by atoms with Crippen molar-refractivity contribution in [1.29, 1.82) is 0 Å². The highest BCUT2D eigenvalue weighted by molar-refractivity contribution is 5.66. The lowest BCUT2D eigenvalue weighted by Gasteiger charge is -2.36. The van der Waals surface area contributed by atoms with Gasteiger partial charge in [0.05, 0.1) is 6.42 Å². The van der Waals surface area contributed by atoms with Gasteiger partial charge in [0.2, 0.25) is 0 Å². The number of nitrogens with zero attached hydrogens (tertiary/aromatic N) is 1. The summed E-state index contributed by atoms with van der Waals surface area (Å²) in [5, 5.41) is 8.70. The number of carbonyl (C=O) groups is 1. The van der Waals surface area contributed by atoms with Crippen LogP contribution in [0.2, 0.25) is 0 Å². The van der Waals surface area contributed by atoms with Crippen LogP contribution < -0.4 is 0 Å². The van der Waals surface area contributed by atoms with Crippen LogP contribution >= 0.6 is 0 Å². The first-order chi connectivity index (χ1) is 6.97. The largest absolute Gasteiger partial charge is 0.481 e. The van der Waals surface area contributed by atoms with E-state index in [9.17, 15) is 4.79 Å². The van der Waals surface area contributed by atoms with Crippen LogP contribution in [0.3, 0.4) is 0 Å². The fourth-order valence-electron chi connectivity index (χ4n) is 2.76. The quantitative estimate of drug-likeness (QED) is 0.762. The summed E-state index contributed by atoms with van der Waals surface area (Å²) in [7, 11) is 0.